The van der Waals surface area contributed by atoms with Gasteiger partial charge in [-0.25, -0.2) is 9.37 Å². The number of ether oxygens (including phenoxy) is 1. The molecular formula is C11H12BrFN2O2. The molecule has 1 aliphatic heterocycles. The second kappa shape index (κ2) is 5.55. The molecule has 2 rings (SSSR count). The number of anilines is 1. The van der Waals surface area contributed by atoms with E-state index in [-0.39, 0.29) is 28.5 Å². The summed E-state index contributed by atoms with van der Waals surface area (Å²) in [6, 6.07) is 1.45. The summed E-state index contributed by atoms with van der Waals surface area (Å²) < 4.78 is 19.1. The minimum Gasteiger partial charge on any atom is -0.379 e. The average molecular weight is 303 g/mol. The highest BCUT2D eigenvalue weighted by Crippen LogP contribution is 2.19. The van der Waals surface area contributed by atoms with Crippen LogP contribution in [0, 0.1) is 5.82 Å². The van der Waals surface area contributed by atoms with Crippen molar-refractivity contribution >= 4 is 27.5 Å². The number of aromatic nitrogens is 1. The maximum Gasteiger partial charge on any atom is 0.176 e. The Bertz CT molecular complexity index is 422. The topological polar surface area (TPSA) is 51.2 Å². The molecule has 17 heavy (non-hydrogen) atoms. The second-order valence-corrected chi connectivity index (χ2v) is 4.34. The first-order valence-electron chi connectivity index (χ1n) is 5.30. The van der Waals surface area contributed by atoms with Crippen molar-refractivity contribution in [2.45, 2.75) is 12.5 Å². The number of carbonyl (C=O) groups is 1. The highest BCUT2D eigenvalue weighted by Gasteiger charge is 2.20. The molecule has 0 unspecified atom stereocenters. The van der Waals surface area contributed by atoms with Crippen LogP contribution in [0.5, 0.6) is 0 Å². The first-order chi connectivity index (χ1) is 8.22. The Morgan fingerprint density at radius 3 is 3.18 bits per heavy atom. The van der Waals surface area contributed by atoms with Crippen LogP contribution in [0.15, 0.2) is 12.3 Å². The Hall–Kier alpha value is -1.01. The van der Waals surface area contributed by atoms with Crippen LogP contribution in [0.3, 0.4) is 0 Å². The molecule has 1 fully saturated rings. The summed E-state index contributed by atoms with van der Waals surface area (Å²) >= 11 is 3.02. The fourth-order valence-corrected chi connectivity index (χ4v) is 1.98. The normalized spacial score (nSPS) is 19.3. The molecule has 0 saturated carbocycles. The first kappa shape index (κ1) is 12.4. The number of nitrogens with zero attached hydrogens (tertiary/aromatic N) is 1. The van der Waals surface area contributed by atoms with E-state index in [0.717, 1.165) is 6.42 Å². The monoisotopic (exact) mass is 302 g/mol. The van der Waals surface area contributed by atoms with Crippen LogP contribution in [-0.2, 0) is 4.74 Å². The largest absolute Gasteiger partial charge is 0.379 e. The van der Waals surface area contributed by atoms with Crippen molar-refractivity contribution in [2.24, 2.45) is 0 Å². The molecule has 6 heteroatoms. The summed E-state index contributed by atoms with van der Waals surface area (Å²) in [6.07, 6.45) is 2.24. The van der Waals surface area contributed by atoms with Gasteiger partial charge in [0.15, 0.2) is 17.4 Å². The van der Waals surface area contributed by atoms with Gasteiger partial charge in [-0.05, 0) is 12.5 Å². The molecule has 0 bridgehead atoms. The Balaban J connectivity index is 2.19. The summed E-state index contributed by atoms with van der Waals surface area (Å²) in [5.74, 6) is -0.772. The van der Waals surface area contributed by atoms with Gasteiger partial charge >= 0.3 is 0 Å². The van der Waals surface area contributed by atoms with Crippen molar-refractivity contribution in [3.8, 4) is 0 Å². The second-order valence-electron chi connectivity index (χ2n) is 3.78. The van der Waals surface area contributed by atoms with E-state index in [0.29, 0.717) is 13.2 Å². The van der Waals surface area contributed by atoms with Gasteiger partial charge in [-0.1, -0.05) is 15.9 Å². The zero-order valence-electron chi connectivity index (χ0n) is 9.08. The van der Waals surface area contributed by atoms with Crippen LogP contribution in [0.2, 0.25) is 0 Å². The summed E-state index contributed by atoms with van der Waals surface area (Å²) in [7, 11) is 0. The number of alkyl halides is 1. The van der Waals surface area contributed by atoms with Crippen LogP contribution in [0.4, 0.5) is 10.2 Å². The van der Waals surface area contributed by atoms with E-state index in [2.05, 4.69) is 26.2 Å². The summed E-state index contributed by atoms with van der Waals surface area (Å²) in [5, 5.41) is 3.05. The molecule has 1 aliphatic rings. The minimum absolute atomic E-state index is 0.0540. The number of pyridine rings is 1. The Labute approximate surface area is 107 Å². The molecular weight excluding hydrogens is 291 g/mol. The zero-order chi connectivity index (χ0) is 12.3. The third-order valence-corrected chi connectivity index (χ3v) is 3.09. The molecule has 1 aromatic heterocycles. The van der Waals surface area contributed by atoms with Gasteiger partial charge in [0.25, 0.3) is 0 Å². The number of ketones is 1. The van der Waals surface area contributed by atoms with Gasteiger partial charge in [0.1, 0.15) is 0 Å². The maximum absolute atomic E-state index is 14.0. The Morgan fingerprint density at radius 1 is 1.71 bits per heavy atom. The van der Waals surface area contributed by atoms with Crippen molar-refractivity contribution in [1.29, 1.82) is 0 Å². The van der Waals surface area contributed by atoms with Crippen LogP contribution in [-0.4, -0.2) is 35.4 Å². The molecule has 1 N–H and O–H groups in total. The minimum atomic E-state index is -0.594. The Morgan fingerprint density at radius 2 is 2.53 bits per heavy atom. The van der Waals surface area contributed by atoms with Crippen molar-refractivity contribution in [1.82, 2.24) is 4.98 Å². The highest BCUT2D eigenvalue weighted by molar-refractivity contribution is 9.09. The first-order valence-corrected chi connectivity index (χ1v) is 6.42. The molecule has 0 spiro atoms. The van der Waals surface area contributed by atoms with E-state index in [1.165, 1.54) is 12.3 Å². The number of nitrogens with one attached hydrogen (secondary N) is 1. The van der Waals surface area contributed by atoms with E-state index < -0.39 is 5.82 Å². The lowest BCUT2D eigenvalue weighted by molar-refractivity contribution is 0.102. The number of hydrogen-bond acceptors (Lipinski definition) is 4. The van der Waals surface area contributed by atoms with Gasteiger partial charge in [-0.3, -0.25) is 4.79 Å². The number of halogens is 2. The smallest absolute Gasteiger partial charge is 0.176 e. The zero-order valence-corrected chi connectivity index (χ0v) is 10.7. The van der Waals surface area contributed by atoms with Gasteiger partial charge in [0, 0.05) is 12.8 Å². The van der Waals surface area contributed by atoms with Crippen molar-refractivity contribution < 1.29 is 13.9 Å². The van der Waals surface area contributed by atoms with E-state index >= 15 is 0 Å². The van der Waals surface area contributed by atoms with Crippen molar-refractivity contribution in [3.63, 3.8) is 0 Å². The quantitative estimate of drug-likeness (QED) is 0.683. The van der Waals surface area contributed by atoms with E-state index in [9.17, 15) is 9.18 Å². The van der Waals surface area contributed by atoms with Gasteiger partial charge in [-0.2, -0.15) is 0 Å². The third kappa shape index (κ3) is 2.81. The maximum atomic E-state index is 14.0. The van der Waals surface area contributed by atoms with Crippen molar-refractivity contribution in [3.05, 3.63) is 23.6 Å². The highest BCUT2D eigenvalue weighted by atomic mass is 79.9. The molecule has 0 aromatic carbocycles. The lowest BCUT2D eigenvalue weighted by Gasteiger charge is -2.12. The van der Waals surface area contributed by atoms with Crippen LogP contribution in [0.1, 0.15) is 16.8 Å². The van der Waals surface area contributed by atoms with Crippen LogP contribution >= 0.6 is 15.9 Å². The molecule has 0 aliphatic carbocycles. The van der Waals surface area contributed by atoms with Crippen LogP contribution < -0.4 is 5.32 Å². The molecule has 2 heterocycles. The molecule has 0 radical (unpaired) electrons. The number of hydrogen-bond donors (Lipinski definition) is 1. The predicted octanol–water partition coefficient (Wildman–Crippen LogP) is 2.00. The average Bonchev–Trinajstić information content (AvgIpc) is 2.84. The van der Waals surface area contributed by atoms with E-state index in [1.807, 2.05) is 0 Å². The van der Waals surface area contributed by atoms with Gasteiger partial charge in [0.05, 0.1) is 23.5 Å². The van der Waals surface area contributed by atoms with Gasteiger partial charge in [0.2, 0.25) is 0 Å². The van der Waals surface area contributed by atoms with Gasteiger partial charge in [-0.15, -0.1) is 0 Å². The van der Waals surface area contributed by atoms with Crippen molar-refractivity contribution in [2.75, 3.05) is 23.9 Å². The molecule has 92 valence electrons. The molecule has 1 aromatic rings. The molecule has 1 saturated heterocycles. The standard InChI is InChI=1S/C11H12BrFN2O2/c12-5-9(16)8-1-3-14-11(10(8)13)15-7-2-4-17-6-7/h1,3,7H,2,4-6H2,(H,14,15)/t7-/m0/s1. The third-order valence-electron chi connectivity index (χ3n) is 2.58. The molecule has 1 atom stereocenters. The SMILES string of the molecule is O=C(CBr)c1ccnc(N[C@H]2CCOC2)c1F. The summed E-state index contributed by atoms with van der Waals surface area (Å²) in [5.41, 5.74) is 0.0540. The van der Waals surface area contributed by atoms with E-state index in [1.54, 1.807) is 0 Å². The molecule has 0 amide bonds. The number of rotatable bonds is 4. The number of Topliss-reactive ketones (excluding diaryl/α,β-unsaturated/α-hetero) is 1. The number of carbonyl (C=O) groups excluding carboxylic acids is 1. The lowest BCUT2D eigenvalue weighted by atomic mass is 10.1. The summed E-state index contributed by atoms with van der Waals surface area (Å²) in [6.45, 7) is 1.21. The summed E-state index contributed by atoms with van der Waals surface area (Å²) in [4.78, 5) is 15.4. The fraction of sp³-hybridized carbons (Fsp3) is 0.455. The Kier molecular flexibility index (Phi) is 4.06. The predicted molar refractivity (Wildman–Crippen MR) is 65.2 cm³/mol. The van der Waals surface area contributed by atoms with Gasteiger partial charge < -0.3 is 10.1 Å². The fourth-order valence-electron chi connectivity index (χ4n) is 1.67. The van der Waals surface area contributed by atoms with Crippen LogP contribution in [0.25, 0.3) is 0 Å². The van der Waals surface area contributed by atoms with E-state index in [4.69, 9.17) is 4.74 Å². The molecule has 4 nitrogen and oxygen atoms in total. The lowest BCUT2D eigenvalue weighted by Crippen LogP contribution is -2.21.